The summed E-state index contributed by atoms with van der Waals surface area (Å²) in [6.45, 7) is 6.71. The summed E-state index contributed by atoms with van der Waals surface area (Å²) in [5, 5.41) is 4.29. The molecule has 1 aromatic carbocycles. The van der Waals surface area contributed by atoms with Crippen LogP contribution in [0, 0.1) is 0 Å². The molecule has 2 saturated heterocycles. The van der Waals surface area contributed by atoms with E-state index in [0.717, 1.165) is 0 Å². The predicted molar refractivity (Wildman–Crippen MR) is 112 cm³/mol. The van der Waals surface area contributed by atoms with Crippen LogP contribution in [-0.2, 0) is 19.6 Å². The molecule has 0 spiro atoms. The fourth-order valence-electron chi connectivity index (χ4n) is 3.52. The molecule has 166 valence electrons. The second-order valence-electron chi connectivity index (χ2n) is 8.70. The van der Waals surface area contributed by atoms with E-state index in [1.165, 1.54) is 4.90 Å². The van der Waals surface area contributed by atoms with Gasteiger partial charge in [-0.1, -0.05) is 0 Å². The summed E-state index contributed by atoms with van der Waals surface area (Å²) >= 11 is 0. The summed E-state index contributed by atoms with van der Waals surface area (Å²) < 4.78 is 34.4. The summed E-state index contributed by atoms with van der Waals surface area (Å²) in [7, 11) is -3.75. The lowest BCUT2D eigenvalue weighted by molar-refractivity contribution is -0.117. The Bertz CT molecular complexity index is 886. The maximum atomic E-state index is 12.1. The highest BCUT2D eigenvalue weighted by molar-refractivity contribution is 7.89. The average molecular weight is 440 g/mol. The van der Waals surface area contributed by atoms with Gasteiger partial charge in [-0.2, -0.15) is 0 Å². The number of carbonyl (C=O) groups excluding carboxylic acids is 2. The standard InChI is InChI=1S/C20H29N3O6S/c1-20(2,3)29-19(25)22-10-8-16(9-11-22)28-15-6-4-14(5-7-15)23-13-17(12-18(23)24)30(21,26)27/h4-7,16-17H,8-13H2,1-3H3,(H2,21,26,27). The van der Waals surface area contributed by atoms with E-state index >= 15 is 0 Å². The number of ether oxygens (including phenoxy) is 2. The van der Waals surface area contributed by atoms with Crippen molar-refractivity contribution in [2.75, 3.05) is 24.5 Å². The highest BCUT2D eigenvalue weighted by Crippen LogP contribution is 2.27. The number of piperidine rings is 1. The number of hydrogen-bond donors (Lipinski definition) is 1. The molecule has 2 aliphatic rings. The van der Waals surface area contributed by atoms with Crippen molar-refractivity contribution in [2.45, 2.75) is 57.0 Å². The summed E-state index contributed by atoms with van der Waals surface area (Å²) in [5.41, 5.74) is 0.0929. The van der Waals surface area contributed by atoms with Crippen LogP contribution in [0.15, 0.2) is 24.3 Å². The van der Waals surface area contributed by atoms with Gasteiger partial charge in [0.2, 0.25) is 15.9 Å². The largest absolute Gasteiger partial charge is 0.490 e. The van der Waals surface area contributed by atoms with Crippen molar-refractivity contribution < 1.29 is 27.5 Å². The summed E-state index contributed by atoms with van der Waals surface area (Å²) in [5.74, 6) is 0.390. The number of rotatable bonds is 4. The van der Waals surface area contributed by atoms with Crippen LogP contribution in [-0.4, -0.2) is 61.9 Å². The van der Waals surface area contributed by atoms with Crippen LogP contribution in [0.2, 0.25) is 0 Å². The quantitative estimate of drug-likeness (QED) is 0.765. The number of likely N-dealkylation sites (tertiary alicyclic amines) is 1. The van der Waals surface area contributed by atoms with E-state index in [4.69, 9.17) is 14.6 Å². The second-order valence-corrected chi connectivity index (χ2v) is 10.5. The van der Waals surface area contributed by atoms with E-state index in [1.54, 1.807) is 29.2 Å². The zero-order chi connectivity index (χ0) is 22.1. The van der Waals surface area contributed by atoms with Gasteiger partial charge < -0.3 is 19.3 Å². The average Bonchev–Trinajstić information content (AvgIpc) is 3.04. The first kappa shape index (κ1) is 22.4. The molecule has 0 bridgehead atoms. The number of nitrogens with zero attached hydrogens (tertiary/aromatic N) is 2. The zero-order valence-electron chi connectivity index (χ0n) is 17.5. The monoisotopic (exact) mass is 439 g/mol. The van der Waals surface area contributed by atoms with Gasteiger partial charge in [-0.3, -0.25) is 4.79 Å². The Morgan fingerprint density at radius 1 is 1.13 bits per heavy atom. The molecule has 10 heteroatoms. The zero-order valence-corrected chi connectivity index (χ0v) is 18.4. The van der Waals surface area contributed by atoms with Crippen LogP contribution in [0.5, 0.6) is 5.75 Å². The van der Waals surface area contributed by atoms with Crippen LogP contribution in [0.4, 0.5) is 10.5 Å². The van der Waals surface area contributed by atoms with Gasteiger partial charge in [0, 0.05) is 44.6 Å². The third-order valence-electron chi connectivity index (χ3n) is 5.10. The molecule has 0 aliphatic carbocycles. The minimum Gasteiger partial charge on any atom is -0.490 e. The Labute approximate surface area is 177 Å². The number of primary sulfonamides is 1. The number of amides is 2. The van der Waals surface area contributed by atoms with E-state index in [2.05, 4.69) is 0 Å². The second kappa shape index (κ2) is 8.43. The van der Waals surface area contributed by atoms with Crippen molar-refractivity contribution in [1.29, 1.82) is 0 Å². The Balaban J connectivity index is 1.52. The molecule has 2 amide bonds. The highest BCUT2D eigenvalue weighted by Gasteiger charge is 2.37. The van der Waals surface area contributed by atoms with Gasteiger partial charge in [0.05, 0.1) is 0 Å². The van der Waals surface area contributed by atoms with E-state index in [9.17, 15) is 18.0 Å². The number of sulfonamides is 1. The van der Waals surface area contributed by atoms with Gasteiger partial charge in [-0.25, -0.2) is 18.4 Å². The van der Waals surface area contributed by atoms with E-state index < -0.39 is 20.9 Å². The fourth-order valence-corrected chi connectivity index (χ4v) is 4.26. The Morgan fingerprint density at radius 3 is 2.23 bits per heavy atom. The van der Waals surface area contributed by atoms with Crippen molar-refractivity contribution in [1.82, 2.24) is 4.90 Å². The van der Waals surface area contributed by atoms with Crippen molar-refractivity contribution in [3.05, 3.63) is 24.3 Å². The minimum absolute atomic E-state index is 0.0188. The fraction of sp³-hybridized carbons (Fsp3) is 0.600. The number of benzene rings is 1. The van der Waals surface area contributed by atoms with Crippen molar-refractivity contribution >= 4 is 27.7 Å². The Kier molecular flexibility index (Phi) is 6.28. The van der Waals surface area contributed by atoms with Crippen LogP contribution in [0.3, 0.4) is 0 Å². The van der Waals surface area contributed by atoms with E-state index in [-0.39, 0.29) is 31.1 Å². The normalized spacial score (nSPS) is 21.1. The summed E-state index contributed by atoms with van der Waals surface area (Å²) in [6, 6.07) is 6.98. The molecule has 2 aliphatic heterocycles. The lowest BCUT2D eigenvalue weighted by Crippen LogP contribution is -2.44. The van der Waals surface area contributed by atoms with Gasteiger partial charge >= 0.3 is 6.09 Å². The first-order valence-electron chi connectivity index (χ1n) is 9.99. The smallest absolute Gasteiger partial charge is 0.410 e. The summed E-state index contributed by atoms with van der Waals surface area (Å²) in [6.07, 6.45) is 0.962. The van der Waals surface area contributed by atoms with Crippen LogP contribution in [0.1, 0.15) is 40.0 Å². The first-order valence-corrected chi connectivity index (χ1v) is 11.6. The highest BCUT2D eigenvalue weighted by atomic mass is 32.2. The molecule has 2 heterocycles. The lowest BCUT2D eigenvalue weighted by atomic mass is 10.1. The number of hydrogen-bond acceptors (Lipinski definition) is 6. The van der Waals surface area contributed by atoms with Crippen molar-refractivity contribution in [3.8, 4) is 5.75 Å². The number of nitrogens with two attached hydrogens (primary N) is 1. The predicted octanol–water partition coefficient (Wildman–Crippen LogP) is 1.86. The van der Waals surface area contributed by atoms with Gasteiger partial charge in [0.15, 0.2) is 0 Å². The molecule has 2 fully saturated rings. The molecule has 1 aromatic rings. The maximum absolute atomic E-state index is 12.1. The first-order chi connectivity index (χ1) is 13.9. The molecule has 0 radical (unpaired) electrons. The van der Waals surface area contributed by atoms with Gasteiger partial charge in [0.25, 0.3) is 0 Å². The molecule has 0 aromatic heterocycles. The lowest BCUT2D eigenvalue weighted by Gasteiger charge is -2.33. The van der Waals surface area contributed by atoms with Gasteiger partial charge in [-0.15, -0.1) is 0 Å². The molecule has 1 atom stereocenters. The third-order valence-corrected chi connectivity index (χ3v) is 6.34. The van der Waals surface area contributed by atoms with E-state index in [0.29, 0.717) is 37.4 Å². The summed E-state index contributed by atoms with van der Waals surface area (Å²) in [4.78, 5) is 27.4. The Hall–Kier alpha value is -2.33. The molecular formula is C20H29N3O6S. The van der Waals surface area contributed by atoms with E-state index in [1.807, 2.05) is 20.8 Å². The van der Waals surface area contributed by atoms with Crippen LogP contribution < -0.4 is 14.8 Å². The number of carbonyl (C=O) groups is 2. The van der Waals surface area contributed by atoms with Gasteiger partial charge in [-0.05, 0) is 45.0 Å². The molecule has 2 N–H and O–H groups in total. The molecule has 30 heavy (non-hydrogen) atoms. The van der Waals surface area contributed by atoms with Crippen LogP contribution >= 0.6 is 0 Å². The SMILES string of the molecule is CC(C)(C)OC(=O)N1CCC(Oc2ccc(N3CC(S(N)(=O)=O)CC3=O)cc2)CC1. The van der Waals surface area contributed by atoms with Gasteiger partial charge in [0.1, 0.15) is 22.7 Å². The topological polar surface area (TPSA) is 119 Å². The molecular weight excluding hydrogens is 410 g/mol. The molecule has 3 rings (SSSR count). The molecule has 1 unspecified atom stereocenters. The minimum atomic E-state index is -3.75. The number of anilines is 1. The molecule has 0 saturated carbocycles. The van der Waals surface area contributed by atoms with Crippen molar-refractivity contribution in [3.63, 3.8) is 0 Å². The maximum Gasteiger partial charge on any atom is 0.410 e. The Morgan fingerprint density at radius 2 is 1.73 bits per heavy atom. The third kappa shape index (κ3) is 5.63. The molecule has 9 nitrogen and oxygen atoms in total. The van der Waals surface area contributed by atoms with Crippen molar-refractivity contribution in [2.24, 2.45) is 5.14 Å². The van der Waals surface area contributed by atoms with Crippen LogP contribution in [0.25, 0.3) is 0 Å².